The Labute approximate surface area is 128 Å². The van der Waals surface area contributed by atoms with Crippen molar-refractivity contribution in [3.8, 4) is 0 Å². The van der Waals surface area contributed by atoms with Crippen LogP contribution in [0.2, 0.25) is 0 Å². The molecule has 0 amide bonds. The zero-order valence-corrected chi connectivity index (χ0v) is 12.4. The monoisotopic (exact) mass is 301 g/mol. The molecule has 4 fully saturated rings. The van der Waals surface area contributed by atoms with E-state index in [2.05, 4.69) is 0 Å². The molecule has 1 aromatic rings. The van der Waals surface area contributed by atoms with Crippen molar-refractivity contribution in [2.45, 2.75) is 44.1 Å². The van der Waals surface area contributed by atoms with E-state index in [0.717, 1.165) is 37.0 Å². The van der Waals surface area contributed by atoms with E-state index in [4.69, 9.17) is 4.74 Å². The maximum absolute atomic E-state index is 12.4. The first-order valence-corrected chi connectivity index (χ1v) is 8.01. The molecule has 0 aliphatic heterocycles. The molecule has 5 rings (SSSR count). The topological polar surface area (TPSA) is 69.4 Å². The van der Waals surface area contributed by atoms with E-state index in [1.165, 1.54) is 43.5 Å². The molecule has 0 atom stereocenters. The predicted octanol–water partition coefficient (Wildman–Crippen LogP) is 3.72. The van der Waals surface area contributed by atoms with Crippen LogP contribution >= 0.6 is 0 Å². The summed E-state index contributed by atoms with van der Waals surface area (Å²) >= 11 is 0. The summed E-state index contributed by atoms with van der Waals surface area (Å²) in [7, 11) is 0. The van der Waals surface area contributed by atoms with Crippen molar-refractivity contribution < 1.29 is 14.5 Å². The van der Waals surface area contributed by atoms with Gasteiger partial charge in [0.05, 0.1) is 10.5 Å². The van der Waals surface area contributed by atoms with Gasteiger partial charge in [0.15, 0.2) is 0 Å². The number of nitrogens with zero attached hydrogens (tertiary/aromatic N) is 1. The van der Waals surface area contributed by atoms with Gasteiger partial charge in [-0.1, -0.05) is 0 Å². The Morgan fingerprint density at radius 3 is 2.00 bits per heavy atom. The Hall–Kier alpha value is -1.91. The molecule has 5 nitrogen and oxygen atoms in total. The van der Waals surface area contributed by atoms with Gasteiger partial charge in [-0.3, -0.25) is 10.1 Å². The molecular formula is C17H19NO4. The minimum atomic E-state index is -0.464. The van der Waals surface area contributed by atoms with E-state index < -0.39 is 4.92 Å². The summed E-state index contributed by atoms with van der Waals surface area (Å²) in [5.74, 6) is 1.82. The molecule has 0 spiro atoms. The molecular weight excluding hydrogens is 282 g/mol. The van der Waals surface area contributed by atoms with Crippen LogP contribution < -0.4 is 0 Å². The van der Waals surface area contributed by atoms with Gasteiger partial charge in [0.25, 0.3) is 5.69 Å². The number of nitro benzene ring substituents is 1. The summed E-state index contributed by atoms with van der Waals surface area (Å²) < 4.78 is 5.93. The number of benzene rings is 1. The zero-order valence-electron chi connectivity index (χ0n) is 12.4. The summed E-state index contributed by atoms with van der Waals surface area (Å²) in [6.45, 7) is 0. The minimum Gasteiger partial charge on any atom is -0.455 e. The molecule has 0 radical (unpaired) electrons. The van der Waals surface area contributed by atoms with Crippen LogP contribution in [0.25, 0.3) is 0 Å². The van der Waals surface area contributed by atoms with Crippen molar-refractivity contribution in [2.24, 2.45) is 17.8 Å². The number of non-ortho nitro benzene ring substituents is 1. The van der Waals surface area contributed by atoms with Gasteiger partial charge < -0.3 is 4.74 Å². The molecule has 5 heteroatoms. The fourth-order valence-electron chi connectivity index (χ4n) is 5.13. The average Bonchev–Trinajstić information content (AvgIpc) is 2.45. The lowest BCUT2D eigenvalue weighted by Crippen LogP contribution is -2.52. The lowest BCUT2D eigenvalue weighted by molar-refractivity contribution is -0.384. The highest BCUT2D eigenvalue weighted by Gasteiger charge is 2.53. The third kappa shape index (κ3) is 2.28. The molecule has 4 aliphatic carbocycles. The number of esters is 1. The lowest BCUT2D eigenvalue weighted by atomic mass is 9.54. The zero-order chi connectivity index (χ0) is 15.3. The van der Waals surface area contributed by atoms with Gasteiger partial charge in [0, 0.05) is 12.1 Å². The van der Waals surface area contributed by atoms with E-state index in [-0.39, 0.29) is 17.3 Å². The maximum Gasteiger partial charge on any atom is 0.338 e. The smallest absolute Gasteiger partial charge is 0.338 e. The standard InChI is InChI=1S/C17H19NO4/c19-16(14-1-3-15(4-2-14)18(20)21)22-17-8-11-5-12(9-17)7-13(6-11)10-17/h1-4,11-13H,5-10H2. The molecule has 22 heavy (non-hydrogen) atoms. The highest BCUT2D eigenvalue weighted by atomic mass is 16.6. The van der Waals surface area contributed by atoms with Gasteiger partial charge in [0.1, 0.15) is 5.60 Å². The van der Waals surface area contributed by atoms with Crippen LogP contribution in [-0.2, 0) is 4.74 Å². The quantitative estimate of drug-likeness (QED) is 0.484. The summed E-state index contributed by atoms with van der Waals surface area (Å²) in [6, 6.07) is 5.69. The van der Waals surface area contributed by atoms with E-state index in [1.54, 1.807) is 0 Å². The fraction of sp³-hybridized carbons (Fsp3) is 0.588. The Kier molecular flexibility index (Phi) is 2.99. The molecule has 1 aromatic carbocycles. The van der Waals surface area contributed by atoms with E-state index in [9.17, 15) is 14.9 Å². The third-order valence-corrected chi connectivity index (χ3v) is 5.61. The summed E-state index contributed by atoms with van der Waals surface area (Å²) in [6.07, 6.45) is 6.89. The molecule has 4 aliphatic rings. The number of ether oxygens (including phenoxy) is 1. The van der Waals surface area contributed by atoms with Crippen LogP contribution in [0.5, 0.6) is 0 Å². The molecule has 0 heterocycles. The van der Waals surface area contributed by atoms with E-state index in [0.29, 0.717) is 5.56 Å². The van der Waals surface area contributed by atoms with Crippen molar-refractivity contribution in [1.82, 2.24) is 0 Å². The van der Waals surface area contributed by atoms with Gasteiger partial charge >= 0.3 is 5.97 Å². The SMILES string of the molecule is O=C(OC12CC3CC(CC(C3)C1)C2)c1ccc([N+](=O)[O-])cc1. The van der Waals surface area contributed by atoms with E-state index >= 15 is 0 Å². The van der Waals surface area contributed by atoms with Gasteiger partial charge in [-0.2, -0.15) is 0 Å². The number of carbonyl (C=O) groups excluding carboxylic acids is 1. The molecule has 116 valence electrons. The maximum atomic E-state index is 12.4. The molecule has 0 aromatic heterocycles. The lowest BCUT2D eigenvalue weighted by Gasteiger charge is -2.55. The summed E-state index contributed by atoms with van der Waals surface area (Å²) in [5.41, 5.74) is 0.126. The second-order valence-electron chi connectivity index (χ2n) is 7.29. The fourth-order valence-corrected chi connectivity index (χ4v) is 5.13. The number of hydrogen-bond donors (Lipinski definition) is 0. The van der Waals surface area contributed by atoms with Crippen molar-refractivity contribution in [2.75, 3.05) is 0 Å². The molecule has 0 unspecified atom stereocenters. The Morgan fingerprint density at radius 1 is 1.05 bits per heavy atom. The number of rotatable bonds is 3. The van der Waals surface area contributed by atoms with Crippen LogP contribution in [0.3, 0.4) is 0 Å². The highest BCUT2D eigenvalue weighted by molar-refractivity contribution is 5.90. The first-order valence-electron chi connectivity index (χ1n) is 8.01. The second kappa shape index (κ2) is 4.80. The summed E-state index contributed by atoms with van der Waals surface area (Å²) in [5, 5.41) is 10.7. The van der Waals surface area contributed by atoms with Gasteiger partial charge in [-0.25, -0.2) is 4.79 Å². The van der Waals surface area contributed by atoms with Crippen molar-refractivity contribution >= 4 is 11.7 Å². The number of hydrogen-bond acceptors (Lipinski definition) is 4. The summed E-state index contributed by atoms with van der Waals surface area (Å²) in [4.78, 5) is 22.6. The Balaban J connectivity index is 1.51. The predicted molar refractivity (Wildman–Crippen MR) is 79.4 cm³/mol. The minimum absolute atomic E-state index is 0.00801. The normalized spacial score (nSPS) is 35.4. The average molecular weight is 301 g/mol. The molecule has 0 saturated heterocycles. The number of carbonyl (C=O) groups is 1. The van der Waals surface area contributed by atoms with Crippen LogP contribution in [-0.4, -0.2) is 16.5 Å². The highest BCUT2D eigenvalue weighted by Crippen LogP contribution is 2.57. The van der Waals surface area contributed by atoms with Crippen LogP contribution in [0, 0.1) is 27.9 Å². The van der Waals surface area contributed by atoms with Crippen LogP contribution in [0.1, 0.15) is 48.9 Å². The van der Waals surface area contributed by atoms with Crippen molar-refractivity contribution in [3.05, 3.63) is 39.9 Å². The number of nitro groups is 1. The van der Waals surface area contributed by atoms with Crippen LogP contribution in [0.4, 0.5) is 5.69 Å². The first-order chi connectivity index (χ1) is 10.5. The van der Waals surface area contributed by atoms with E-state index in [1.807, 2.05) is 0 Å². The van der Waals surface area contributed by atoms with Gasteiger partial charge in [0.2, 0.25) is 0 Å². The molecule has 4 saturated carbocycles. The Morgan fingerprint density at radius 2 is 1.55 bits per heavy atom. The second-order valence-corrected chi connectivity index (χ2v) is 7.29. The molecule has 4 bridgehead atoms. The third-order valence-electron chi connectivity index (χ3n) is 5.61. The molecule has 0 N–H and O–H groups in total. The van der Waals surface area contributed by atoms with Crippen molar-refractivity contribution in [3.63, 3.8) is 0 Å². The van der Waals surface area contributed by atoms with Gasteiger partial charge in [-0.05, 0) is 68.4 Å². The van der Waals surface area contributed by atoms with Crippen LogP contribution in [0.15, 0.2) is 24.3 Å². The largest absolute Gasteiger partial charge is 0.455 e. The first kappa shape index (κ1) is 13.7. The Bertz CT molecular complexity index is 587. The van der Waals surface area contributed by atoms with Crippen molar-refractivity contribution in [1.29, 1.82) is 0 Å². The van der Waals surface area contributed by atoms with Gasteiger partial charge in [-0.15, -0.1) is 0 Å².